The zero-order valence-corrected chi connectivity index (χ0v) is 13.3. The van der Waals surface area contributed by atoms with Crippen LogP contribution in [0, 0.1) is 5.92 Å². The molecule has 0 heterocycles. The van der Waals surface area contributed by atoms with Crippen LogP contribution >= 0.6 is 15.9 Å². The van der Waals surface area contributed by atoms with Crippen LogP contribution in [0.4, 0.5) is 5.69 Å². The van der Waals surface area contributed by atoms with Crippen LogP contribution in [0.25, 0.3) is 0 Å². The molecule has 0 radical (unpaired) electrons. The second-order valence-electron chi connectivity index (χ2n) is 4.49. The molecule has 0 amide bonds. The standard InChI is InChI=1S/C12H19BrN2O2S/c1-4-9(2)8-15(3)18(16,17)12-7-10(14)5-6-11(12)13/h5-7,9H,4,8,14H2,1-3H3. The zero-order valence-electron chi connectivity index (χ0n) is 10.9. The van der Waals surface area contributed by atoms with Gasteiger partial charge in [-0.05, 0) is 40.0 Å². The van der Waals surface area contributed by atoms with Crippen molar-refractivity contribution in [3.05, 3.63) is 22.7 Å². The third-order valence-electron chi connectivity index (χ3n) is 2.91. The summed E-state index contributed by atoms with van der Waals surface area (Å²) in [5.41, 5.74) is 6.09. The van der Waals surface area contributed by atoms with Crippen molar-refractivity contribution in [2.24, 2.45) is 5.92 Å². The number of nitrogens with zero attached hydrogens (tertiary/aromatic N) is 1. The summed E-state index contributed by atoms with van der Waals surface area (Å²) in [6.07, 6.45) is 0.942. The second-order valence-corrected chi connectivity index (χ2v) is 7.36. The van der Waals surface area contributed by atoms with Crippen LogP contribution in [0.2, 0.25) is 0 Å². The predicted molar refractivity (Wildman–Crippen MR) is 77.8 cm³/mol. The highest BCUT2D eigenvalue weighted by Crippen LogP contribution is 2.27. The Kier molecular flexibility index (Phi) is 5.19. The van der Waals surface area contributed by atoms with Crippen LogP contribution in [0.1, 0.15) is 20.3 Å². The Labute approximate surface area is 117 Å². The summed E-state index contributed by atoms with van der Waals surface area (Å²) in [5, 5.41) is 0. The summed E-state index contributed by atoms with van der Waals surface area (Å²) < 4.78 is 26.7. The van der Waals surface area contributed by atoms with Crippen molar-refractivity contribution in [2.75, 3.05) is 19.3 Å². The van der Waals surface area contributed by atoms with Gasteiger partial charge in [0.1, 0.15) is 0 Å². The maximum atomic E-state index is 12.4. The van der Waals surface area contributed by atoms with Crippen LogP contribution in [-0.2, 0) is 10.0 Å². The Hall–Kier alpha value is -0.590. The van der Waals surface area contributed by atoms with Crippen molar-refractivity contribution in [3.63, 3.8) is 0 Å². The second kappa shape index (κ2) is 6.04. The minimum atomic E-state index is -3.49. The minimum Gasteiger partial charge on any atom is -0.399 e. The molecule has 1 atom stereocenters. The lowest BCUT2D eigenvalue weighted by Crippen LogP contribution is -2.31. The molecule has 0 aliphatic rings. The van der Waals surface area contributed by atoms with E-state index < -0.39 is 10.0 Å². The molecule has 0 saturated heterocycles. The molecule has 0 aromatic heterocycles. The van der Waals surface area contributed by atoms with E-state index in [2.05, 4.69) is 15.9 Å². The van der Waals surface area contributed by atoms with Crippen molar-refractivity contribution >= 4 is 31.6 Å². The van der Waals surface area contributed by atoms with Gasteiger partial charge in [0.15, 0.2) is 0 Å². The van der Waals surface area contributed by atoms with Gasteiger partial charge in [-0.3, -0.25) is 0 Å². The van der Waals surface area contributed by atoms with Gasteiger partial charge in [-0.25, -0.2) is 12.7 Å². The summed E-state index contributed by atoms with van der Waals surface area (Å²) >= 11 is 3.26. The molecule has 6 heteroatoms. The third-order valence-corrected chi connectivity index (χ3v) is 5.73. The van der Waals surface area contributed by atoms with E-state index in [0.717, 1.165) is 6.42 Å². The van der Waals surface area contributed by atoms with Crippen LogP contribution in [0.15, 0.2) is 27.6 Å². The van der Waals surface area contributed by atoms with Crippen LogP contribution in [-0.4, -0.2) is 26.3 Å². The first kappa shape index (κ1) is 15.5. The van der Waals surface area contributed by atoms with Crippen LogP contribution < -0.4 is 5.73 Å². The number of halogens is 1. The molecule has 4 nitrogen and oxygen atoms in total. The van der Waals surface area contributed by atoms with E-state index in [4.69, 9.17) is 5.73 Å². The highest BCUT2D eigenvalue weighted by molar-refractivity contribution is 9.10. The van der Waals surface area contributed by atoms with Gasteiger partial charge in [0.25, 0.3) is 0 Å². The molecule has 102 valence electrons. The molecule has 0 bridgehead atoms. The first-order valence-corrected chi connectivity index (χ1v) is 8.03. The van der Waals surface area contributed by atoms with E-state index >= 15 is 0 Å². The SMILES string of the molecule is CCC(C)CN(C)S(=O)(=O)c1cc(N)ccc1Br. The summed E-state index contributed by atoms with van der Waals surface area (Å²) in [5.74, 6) is 0.324. The van der Waals surface area contributed by atoms with E-state index in [9.17, 15) is 8.42 Å². The van der Waals surface area contributed by atoms with E-state index in [1.807, 2.05) is 13.8 Å². The molecule has 2 N–H and O–H groups in total. The quantitative estimate of drug-likeness (QED) is 0.842. The average Bonchev–Trinajstić information content (AvgIpc) is 2.31. The molecule has 0 spiro atoms. The first-order valence-electron chi connectivity index (χ1n) is 5.80. The van der Waals surface area contributed by atoms with Crippen molar-refractivity contribution in [1.82, 2.24) is 4.31 Å². The topological polar surface area (TPSA) is 63.4 Å². The lowest BCUT2D eigenvalue weighted by atomic mass is 10.1. The zero-order chi connectivity index (χ0) is 13.9. The Morgan fingerprint density at radius 3 is 2.61 bits per heavy atom. The number of hydrogen-bond donors (Lipinski definition) is 1. The molecule has 0 aliphatic carbocycles. The molecular weight excluding hydrogens is 316 g/mol. The fourth-order valence-corrected chi connectivity index (χ4v) is 3.80. The third kappa shape index (κ3) is 3.46. The average molecular weight is 335 g/mol. The van der Waals surface area contributed by atoms with Gasteiger partial charge < -0.3 is 5.73 Å². The smallest absolute Gasteiger partial charge is 0.244 e. The van der Waals surface area contributed by atoms with Gasteiger partial charge in [0.05, 0.1) is 4.90 Å². The van der Waals surface area contributed by atoms with Crippen LogP contribution in [0.3, 0.4) is 0 Å². The monoisotopic (exact) mass is 334 g/mol. The van der Waals surface area contributed by atoms with Crippen molar-refractivity contribution < 1.29 is 8.42 Å². The normalized spacial score (nSPS) is 13.8. The number of hydrogen-bond acceptors (Lipinski definition) is 3. The molecule has 0 aliphatic heterocycles. The molecule has 0 fully saturated rings. The number of rotatable bonds is 5. The molecule has 0 saturated carbocycles. The number of sulfonamides is 1. The highest BCUT2D eigenvalue weighted by atomic mass is 79.9. The Morgan fingerprint density at radius 2 is 2.06 bits per heavy atom. The number of nitrogen functional groups attached to an aromatic ring is 1. The molecule has 1 aromatic carbocycles. The Bertz CT molecular complexity index is 517. The molecule has 1 aromatic rings. The number of benzene rings is 1. The Balaban J connectivity index is 3.09. The van der Waals surface area contributed by atoms with Gasteiger partial charge >= 0.3 is 0 Å². The van der Waals surface area contributed by atoms with Crippen molar-refractivity contribution in [1.29, 1.82) is 0 Å². The maximum Gasteiger partial charge on any atom is 0.244 e. The van der Waals surface area contributed by atoms with Crippen molar-refractivity contribution in [2.45, 2.75) is 25.2 Å². The fraction of sp³-hybridized carbons (Fsp3) is 0.500. The molecule has 1 unspecified atom stereocenters. The lowest BCUT2D eigenvalue weighted by Gasteiger charge is -2.21. The van der Waals surface area contributed by atoms with Gasteiger partial charge in [-0.15, -0.1) is 0 Å². The molecular formula is C12H19BrN2O2S. The van der Waals surface area contributed by atoms with Gasteiger partial charge in [-0.1, -0.05) is 20.3 Å². The van der Waals surface area contributed by atoms with E-state index in [-0.39, 0.29) is 4.90 Å². The van der Waals surface area contributed by atoms with Crippen LogP contribution in [0.5, 0.6) is 0 Å². The fourth-order valence-electron chi connectivity index (χ4n) is 1.55. The van der Waals surface area contributed by atoms with Gasteiger partial charge in [0, 0.05) is 23.8 Å². The van der Waals surface area contributed by atoms with E-state index in [1.165, 1.54) is 10.4 Å². The number of nitrogens with two attached hydrogens (primary N) is 1. The number of anilines is 1. The molecule has 18 heavy (non-hydrogen) atoms. The summed E-state index contributed by atoms with van der Waals surface area (Å²) in [7, 11) is -1.90. The largest absolute Gasteiger partial charge is 0.399 e. The minimum absolute atomic E-state index is 0.216. The van der Waals surface area contributed by atoms with E-state index in [0.29, 0.717) is 22.6 Å². The maximum absolute atomic E-state index is 12.4. The van der Waals surface area contributed by atoms with Gasteiger partial charge in [-0.2, -0.15) is 0 Å². The summed E-state index contributed by atoms with van der Waals surface area (Å²) in [6, 6.07) is 4.80. The highest BCUT2D eigenvalue weighted by Gasteiger charge is 2.24. The lowest BCUT2D eigenvalue weighted by molar-refractivity contribution is 0.393. The first-order chi connectivity index (χ1) is 8.28. The summed E-state index contributed by atoms with van der Waals surface area (Å²) in [4.78, 5) is 0.216. The predicted octanol–water partition coefficient (Wildman–Crippen LogP) is 2.70. The Morgan fingerprint density at radius 1 is 1.44 bits per heavy atom. The molecule has 1 rings (SSSR count). The van der Waals surface area contributed by atoms with Crippen molar-refractivity contribution in [3.8, 4) is 0 Å². The summed E-state index contributed by atoms with van der Waals surface area (Å²) in [6.45, 7) is 4.57. The van der Waals surface area contributed by atoms with Gasteiger partial charge in [0.2, 0.25) is 10.0 Å². The van der Waals surface area contributed by atoms with E-state index in [1.54, 1.807) is 19.2 Å².